The molecule has 0 N–H and O–H groups in total. The zero-order valence-corrected chi connectivity index (χ0v) is 69.6. The highest BCUT2D eigenvalue weighted by molar-refractivity contribution is 6.45. The third-order valence-electron chi connectivity index (χ3n) is 24.2. The Labute approximate surface area is 704 Å². The molecule has 0 saturated heterocycles. The Balaban J connectivity index is 0.949. The Morgan fingerprint density at radius 3 is 0.861 bits per heavy atom. The summed E-state index contributed by atoms with van der Waals surface area (Å²) in [5.41, 5.74) is 10.0. The van der Waals surface area contributed by atoms with Crippen LogP contribution in [-0.4, -0.2) is 57.5 Å². The molecule has 2 aliphatic heterocycles. The van der Waals surface area contributed by atoms with Crippen LogP contribution in [0.5, 0.6) is 57.5 Å². The van der Waals surface area contributed by atoms with Gasteiger partial charge in [0.15, 0.2) is 0 Å². The molecule has 4 heterocycles. The van der Waals surface area contributed by atoms with Crippen LogP contribution in [-0.2, 0) is 22.4 Å². The molecule has 122 heavy (non-hydrogen) atoms. The second kappa shape index (κ2) is 30.5. The van der Waals surface area contributed by atoms with Gasteiger partial charge < -0.3 is 37.3 Å². The molecule has 0 fully saturated rings. The molecule has 15 aromatic carbocycles. The molecular formula is C106H86N2O14. The lowest BCUT2D eigenvalue weighted by atomic mass is 9.80. The Hall–Kier alpha value is -14.4. The second-order valence-corrected chi connectivity index (χ2v) is 33.5. The standard InChI is InChI=1S/C106H86N2O14/c1-55(2)63-37-41-81(59(9)45-63)117-87-51-75-91-76(102(110)107(101(75)109)79(105(113)115-69-27-15-13-16-28-69)49-67-25-23-33-73-71-31-19-21-35-85(71)121-99(67)73)53-89(119-83-43-39-65(57(5)6)47-61(83)11)95-96-90(120-84-44-40-66(58(7)8)48-62(84)12)54-78-92-77(52-88(94(98(92)96)93(87)97(91)95)118-82-42-38-64(56(3)4)46-60(82)10)103(111)108(104(78)112)80(106(114)116-70-29-17-14-18-30-70)50-68-26-24-34-74-72-32-20-22-36-86(72)122-100(68)74/h13-48,51-58,79-80H,49-50H2,1-12H3. The predicted molar refractivity (Wildman–Crippen MR) is 477 cm³/mol. The average molecular weight is 1610 g/mol. The minimum absolute atomic E-state index is 0.0403. The molecule has 0 bridgehead atoms. The molecule has 2 aliphatic rings. The Bertz CT molecular complexity index is 6570. The number of nitrogens with zero attached hydrogens (tertiary/aromatic N) is 2. The number of rotatable bonds is 22. The van der Waals surface area contributed by atoms with Crippen LogP contribution in [0.1, 0.15) is 176 Å². The number of amides is 4. The van der Waals surface area contributed by atoms with E-state index in [-0.39, 0.29) is 136 Å². The lowest BCUT2D eigenvalue weighted by Gasteiger charge is -2.35. The second-order valence-electron chi connectivity index (χ2n) is 33.5. The molecule has 0 aliphatic carbocycles. The number of carbonyl (C=O) groups excluding carboxylic acids is 6. The van der Waals surface area contributed by atoms with Crippen LogP contribution >= 0.6 is 0 Å². The number of esters is 2. The van der Waals surface area contributed by atoms with Crippen molar-refractivity contribution >= 4 is 123 Å². The average Bonchev–Trinajstić information content (AvgIpc) is 0.742. The minimum Gasteiger partial charge on any atom is -0.456 e. The highest BCUT2D eigenvalue weighted by atomic mass is 16.5. The van der Waals surface area contributed by atoms with Gasteiger partial charge in [0.25, 0.3) is 23.6 Å². The summed E-state index contributed by atoms with van der Waals surface area (Å²) in [6.45, 7) is 24.6. The summed E-state index contributed by atoms with van der Waals surface area (Å²) in [5, 5.41) is 5.09. The fourth-order valence-electron chi connectivity index (χ4n) is 17.7. The summed E-state index contributed by atoms with van der Waals surface area (Å²) >= 11 is 0. The molecule has 0 radical (unpaired) electrons. The van der Waals surface area contributed by atoms with Crippen molar-refractivity contribution in [1.29, 1.82) is 0 Å². The van der Waals surface area contributed by atoms with E-state index in [9.17, 15) is 0 Å². The number of para-hydroxylation sites is 6. The maximum atomic E-state index is 17.2. The van der Waals surface area contributed by atoms with Crippen LogP contribution in [0.3, 0.4) is 0 Å². The van der Waals surface area contributed by atoms with Gasteiger partial charge in [-0.25, -0.2) is 9.59 Å². The van der Waals surface area contributed by atoms with E-state index in [2.05, 4.69) is 79.7 Å². The van der Waals surface area contributed by atoms with E-state index in [4.69, 9.17) is 37.3 Å². The molecule has 19 rings (SSSR count). The molecule has 16 nitrogen and oxygen atoms in total. The minimum atomic E-state index is -1.67. The maximum Gasteiger partial charge on any atom is 0.335 e. The molecule has 604 valence electrons. The zero-order valence-electron chi connectivity index (χ0n) is 69.6. The molecule has 0 saturated carbocycles. The Morgan fingerprint density at radius 2 is 0.574 bits per heavy atom. The van der Waals surface area contributed by atoms with E-state index in [1.165, 1.54) is 0 Å². The molecule has 17 aromatic rings. The van der Waals surface area contributed by atoms with Gasteiger partial charge in [-0.15, -0.1) is 0 Å². The Morgan fingerprint density at radius 1 is 0.295 bits per heavy atom. The van der Waals surface area contributed by atoms with Gasteiger partial charge >= 0.3 is 11.9 Å². The molecule has 4 amide bonds. The van der Waals surface area contributed by atoms with Gasteiger partial charge in [0.05, 0.1) is 22.3 Å². The van der Waals surface area contributed by atoms with E-state index < -0.39 is 47.7 Å². The number of imide groups is 2. The number of furan rings is 2. The number of hydrogen-bond donors (Lipinski definition) is 0. The topological polar surface area (TPSA) is 191 Å². The van der Waals surface area contributed by atoms with Gasteiger partial charge in [-0.05, 0) is 192 Å². The van der Waals surface area contributed by atoms with Crippen molar-refractivity contribution in [2.45, 2.75) is 132 Å². The fourth-order valence-corrected chi connectivity index (χ4v) is 17.7. The van der Waals surface area contributed by atoms with Crippen molar-refractivity contribution in [2.24, 2.45) is 0 Å². The summed E-state index contributed by atoms with van der Waals surface area (Å²) in [6.07, 6.45) is -0.523. The number of fused-ring (bicyclic) bond motifs is 8. The zero-order chi connectivity index (χ0) is 84.5. The van der Waals surface area contributed by atoms with Crippen molar-refractivity contribution in [1.82, 2.24) is 9.80 Å². The van der Waals surface area contributed by atoms with Crippen molar-refractivity contribution in [3.05, 3.63) is 321 Å². The fraction of sp³-hybridized carbons (Fsp3) is 0.189. The van der Waals surface area contributed by atoms with Crippen molar-refractivity contribution < 1.29 is 66.0 Å². The van der Waals surface area contributed by atoms with Crippen LogP contribution in [0.15, 0.2) is 251 Å². The monoisotopic (exact) mass is 1610 g/mol. The van der Waals surface area contributed by atoms with Gasteiger partial charge in [0.1, 0.15) is 91.9 Å². The van der Waals surface area contributed by atoms with E-state index in [1.54, 1.807) is 84.9 Å². The van der Waals surface area contributed by atoms with E-state index in [1.807, 2.05) is 161 Å². The van der Waals surface area contributed by atoms with Crippen molar-refractivity contribution in [3.63, 3.8) is 0 Å². The first-order chi connectivity index (χ1) is 58.9. The highest BCUT2D eigenvalue weighted by Gasteiger charge is 2.48. The van der Waals surface area contributed by atoms with Gasteiger partial charge in [-0.1, -0.05) is 213 Å². The third kappa shape index (κ3) is 13.2. The lowest BCUT2D eigenvalue weighted by Crippen LogP contribution is -2.53. The van der Waals surface area contributed by atoms with Crippen LogP contribution in [0, 0.1) is 27.7 Å². The maximum absolute atomic E-state index is 17.2. The smallest absolute Gasteiger partial charge is 0.335 e. The number of hydrogen-bond acceptors (Lipinski definition) is 14. The number of benzene rings is 15. The quantitative estimate of drug-likeness (QED) is 0.0205. The molecule has 2 unspecified atom stereocenters. The molecule has 2 atom stereocenters. The third-order valence-corrected chi connectivity index (χ3v) is 24.2. The van der Waals surface area contributed by atoms with E-state index in [0.717, 1.165) is 75.9 Å². The first kappa shape index (κ1) is 77.5. The SMILES string of the molecule is Cc1cc(C(C)C)ccc1Oc1cc2c3c(cc(Oc4ccc(C(C)C)cc4C)c4c5c(Oc6ccc(C(C)C)cc6C)cc6c7c(cc(Oc8ccc(C(C)C)cc8C)c(c1c34)c75)C(=O)N(C(Cc1cccc3c1oc1ccccc13)C(=O)Oc1ccccc1)C6=O)C(=O)N(C(Cc1cccc3c1oc1ccccc13)C(=O)Oc1ccccc1)C2=O. The van der Waals surface area contributed by atoms with Crippen molar-refractivity contribution in [2.75, 3.05) is 0 Å². The normalized spacial score (nSPS) is 13.5. The van der Waals surface area contributed by atoms with Crippen LogP contribution in [0.4, 0.5) is 0 Å². The number of ether oxygens (including phenoxy) is 6. The molecular weight excluding hydrogens is 1530 g/mol. The van der Waals surface area contributed by atoms with E-state index >= 15 is 28.8 Å². The Kier molecular flexibility index (Phi) is 19.4. The van der Waals surface area contributed by atoms with Gasteiger partial charge in [-0.3, -0.25) is 29.0 Å². The summed E-state index contributed by atoms with van der Waals surface area (Å²) in [5.74, 6) is -2.67. The highest BCUT2D eigenvalue weighted by Crippen LogP contribution is 2.59. The van der Waals surface area contributed by atoms with Crippen LogP contribution < -0.4 is 28.4 Å². The van der Waals surface area contributed by atoms with Crippen LogP contribution in [0.25, 0.3) is 87.0 Å². The van der Waals surface area contributed by atoms with E-state index in [0.29, 0.717) is 56.5 Å². The predicted octanol–water partition coefficient (Wildman–Crippen LogP) is 26.1. The molecule has 2 aromatic heterocycles. The number of aryl methyl sites for hydroxylation is 4. The lowest BCUT2D eigenvalue weighted by molar-refractivity contribution is -0.139. The first-order valence-corrected chi connectivity index (χ1v) is 41.5. The molecule has 16 heteroatoms. The van der Waals surface area contributed by atoms with Crippen LogP contribution in [0.2, 0.25) is 0 Å². The number of carbonyl (C=O) groups is 6. The van der Waals surface area contributed by atoms with Gasteiger partial charge in [-0.2, -0.15) is 0 Å². The summed E-state index contributed by atoms with van der Waals surface area (Å²) < 4.78 is 56.4. The summed E-state index contributed by atoms with van der Waals surface area (Å²) in [7, 11) is 0. The largest absolute Gasteiger partial charge is 0.456 e. The van der Waals surface area contributed by atoms with Gasteiger partial charge in [0.2, 0.25) is 0 Å². The first-order valence-electron chi connectivity index (χ1n) is 41.5. The van der Waals surface area contributed by atoms with Gasteiger partial charge in [0, 0.05) is 77.5 Å². The summed E-state index contributed by atoms with van der Waals surface area (Å²) in [4.78, 5) is 102. The summed E-state index contributed by atoms with van der Waals surface area (Å²) in [6, 6.07) is 70.3. The molecule has 0 spiro atoms. The van der Waals surface area contributed by atoms with Crippen molar-refractivity contribution in [3.8, 4) is 57.5 Å².